The Morgan fingerprint density at radius 2 is 1.78 bits per heavy atom. The first kappa shape index (κ1) is 19.2. The van der Waals surface area contributed by atoms with E-state index >= 15 is 0 Å². The average molecular weight is 356 g/mol. The molecule has 0 aromatic heterocycles. The minimum Gasteiger partial charge on any atom is -0.383 e. The first-order valence-electron chi connectivity index (χ1n) is 7.09. The van der Waals surface area contributed by atoms with Crippen molar-refractivity contribution in [1.82, 2.24) is 5.32 Å². The van der Waals surface area contributed by atoms with Gasteiger partial charge in [-0.15, -0.1) is 12.4 Å². The van der Waals surface area contributed by atoms with Crippen molar-refractivity contribution in [3.8, 4) is 0 Å². The zero-order valence-corrected chi connectivity index (χ0v) is 14.1. The van der Waals surface area contributed by atoms with Crippen LogP contribution in [0.15, 0.2) is 48.5 Å². The number of anilines is 1. The predicted molar refractivity (Wildman–Crippen MR) is 96.9 cm³/mol. The van der Waals surface area contributed by atoms with Gasteiger partial charge < -0.3 is 10.6 Å². The summed E-state index contributed by atoms with van der Waals surface area (Å²) in [6, 6.07) is 14.7. The van der Waals surface area contributed by atoms with Crippen LogP contribution in [0.1, 0.15) is 5.56 Å². The largest absolute Gasteiger partial charge is 0.383 e. The quantitative estimate of drug-likeness (QED) is 0.428. The number of hydrogen-bond acceptors (Lipinski definition) is 4. The summed E-state index contributed by atoms with van der Waals surface area (Å²) in [6.45, 7) is 2.39. The van der Waals surface area contributed by atoms with Crippen LogP contribution in [0.3, 0.4) is 0 Å². The minimum atomic E-state index is -0.458. The first-order chi connectivity index (χ1) is 10.7. The molecule has 0 radical (unpaired) electrons. The molecule has 0 aliphatic heterocycles. The van der Waals surface area contributed by atoms with Gasteiger partial charge in [-0.2, -0.15) is 0 Å². The van der Waals surface area contributed by atoms with Gasteiger partial charge in [0, 0.05) is 25.2 Å². The van der Waals surface area contributed by atoms with Gasteiger partial charge in [-0.1, -0.05) is 41.9 Å². The summed E-state index contributed by atoms with van der Waals surface area (Å²) in [5, 5.41) is 17.5. The number of non-ortho nitro benzene ring substituents is 1. The molecule has 0 unspecified atom stereocenters. The van der Waals surface area contributed by atoms with Crippen molar-refractivity contribution in [3.05, 3.63) is 69.2 Å². The Morgan fingerprint density at radius 1 is 1.04 bits per heavy atom. The molecule has 2 N–H and O–H groups in total. The number of nitro benzene ring substituents is 1. The minimum absolute atomic E-state index is 0. The van der Waals surface area contributed by atoms with Crippen LogP contribution in [-0.2, 0) is 6.42 Å². The van der Waals surface area contributed by atoms with Crippen LogP contribution < -0.4 is 10.6 Å². The molecule has 0 aliphatic rings. The van der Waals surface area contributed by atoms with Crippen molar-refractivity contribution in [1.29, 1.82) is 0 Å². The molecule has 0 amide bonds. The van der Waals surface area contributed by atoms with E-state index in [1.807, 2.05) is 18.2 Å². The van der Waals surface area contributed by atoms with Crippen LogP contribution in [-0.4, -0.2) is 24.6 Å². The van der Waals surface area contributed by atoms with E-state index in [0.717, 1.165) is 19.5 Å². The van der Waals surface area contributed by atoms with Crippen LogP contribution in [0.4, 0.5) is 11.4 Å². The lowest BCUT2D eigenvalue weighted by Gasteiger charge is -2.09. The highest BCUT2D eigenvalue weighted by Crippen LogP contribution is 2.26. The van der Waals surface area contributed by atoms with Crippen molar-refractivity contribution in [2.45, 2.75) is 6.42 Å². The SMILES string of the molecule is Cl.O=[N+]([O-])c1ccc(NCCNCCc2ccccc2)c(Cl)c1. The molecule has 2 rings (SSSR count). The summed E-state index contributed by atoms with van der Waals surface area (Å²) in [5.74, 6) is 0. The van der Waals surface area contributed by atoms with E-state index in [-0.39, 0.29) is 18.1 Å². The third-order valence-electron chi connectivity index (χ3n) is 3.21. The van der Waals surface area contributed by atoms with E-state index in [4.69, 9.17) is 11.6 Å². The van der Waals surface area contributed by atoms with Gasteiger partial charge in [0.25, 0.3) is 5.69 Å². The fourth-order valence-corrected chi connectivity index (χ4v) is 2.29. The lowest BCUT2D eigenvalue weighted by molar-refractivity contribution is -0.384. The van der Waals surface area contributed by atoms with Gasteiger partial charge in [0.05, 0.1) is 15.6 Å². The molecule has 7 heteroatoms. The summed E-state index contributed by atoms with van der Waals surface area (Å²) in [4.78, 5) is 10.2. The Labute approximate surface area is 146 Å². The van der Waals surface area contributed by atoms with E-state index in [0.29, 0.717) is 17.3 Å². The number of nitro groups is 1. The fourth-order valence-electron chi connectivity index (χ4n) is 2.05. The summed E-state index contributed by atoms with van der Waals surface area (Å²) >= 11 is 6.01. The monoisotopic (exact) mass is 355 g/mol. The van der Waals surface area contributed by atoms with Crippen molar-refractivity contribution < 1.29 is 4.92 Å². The molecule has 124 valence electrons. The topological polar surface area (TPSA) is 67.2 Å². The van der Waals surface area contributed by atoms with Crippen LogP contribution >= 0.6 is 24.0 Å². The third kappa shape index (κ3) is 6.44. The Kier molecular flexibility index (Phi) is 8.40. The maximum absolute atomic E-state index is 10.6. The molecule has 0 saturated heterocycles. The lowest BCUT2D eigenvalue weighted by Crippen LogP contribution is -2.24. The number of benzene rings is 2. The molecular weight excluding hydrogens is 337 g/mol. The van der Waals surface area contributed by atoms with Gasteiger partial charge in [-0.25, -0.2) is 0 Å². The molecule has 0 heterocycles. The Morgan fingerprint density at radius 3 is 2.43 bits per heavy atom. The average Bonchev–Trinajstić information content (AvgIpc) is 2.52. The smallest absolute Gasteiger partial charge is 0.271 e. The number of hydrogen-bond donors (Lipinski definition) is 2. The molecular formula is C16H19Cl2N3O2. The first-order valence-corrected chi connectivity index (χ1v) is 7.47. The molecule has 23 heavy (non-hydrogen) atoms. The zero-order valence-electron chi connectivity index (χ0n) is 12.5. The highest BCUT2D eigenvalue weighted by atomic mass is 35.5. The molecule has 5 nitrogen and oxygen atoms in total. The van der Waals surface area contributed by atoms with Gasteiger partial charge in [-0.3, -0.25) is 10.1 Å². The Bertz CT molecular complexity index is 624. The van der Waals surface area contributed by atoms with Gasteiger partial charge in [-0.05, 0) is 24.6 Å². The maximum Gasteiger partial charge on any atom is 0.271 e. The molecule has 2 aromatic carbocycles. The summed E-state index contributed by atoms with van der Waals surface area (Å²) in [5.41, 5.74) is 2.01. The van der Waals surface area contributed by atoms with Crippen LogP contribution in [0, 0.1) is 10.1 Å². The van der Waals surface area contributed by atoms with E-state index in [1.54, 1.807) is 6.07 Å². The van der Waals surface area contributed by atoms with Crippen LogP contribution in [0.2, 0.25) is 5.02 Å². The van der Waals surface area contributed by atoms with Crippen molar-refractivity contribution in [3.63, 3.8) is 0 Å². The van der Waals surface area contributed by atoms with Gasteiger partial charge >= 0.3 is 0 Å². The second-order valence-electron chi connectivity index (χ2n) is 4.83. The molecule has 0 atom stereocenters. The zero-order chi connectivity index (χ0) is 15.8. The third-order valence-corrected chi connectivity index (χ3v) is 3.53. The Balaban J connectivity index is 0.00000264. The summed E-state index contributed by atoms with van der Waals surface area (Å²) in [6.07, 6.45) is 0.985. The second kappa shape index (κ2) is 10.0. The van der Waals surface area contributed by atoms with Crippen molar-refractivity contribution >= 4 is 35.4 Å². The van der Waals surface area contributed by atoms with E-state index < -0.39 is 4.92 Å². The molecule has 0 bridgehead atoms. The number of nitrogens with zero attached hydrogens (tertiary/aromatic N) is 1. The number of nitrogens with one attached hydrogen (secondary N) is 2. The van der Waals surface area contributed by atoms with E-state index in [1.165, 1.54) is 17.7 Å². The highest BCUT2D eigenvalue weighted by Gasteiger charge is 2.08. The van der Waals surface area contributed by atoms with Gasteiger partial charge in [0.15, 0.2) is 0 Å². The van der Waals surface area contributed by atoms with E-state index in [9.17, 15) is 10.1 Å². The maximum atomic E-state index is 10.6. The fraction of sp³-hybridized carbons (Fsp3) is 0.250. The van der Waals surface area contributed by atoms with Crippen molar-refractivity contribution in [2.75, 3.05) is 25.0 Å². The molecule has 0 aliphatic carbocycles. The lowest BCUT2D eigenvalue weighted by atomic mass is 10.1. The Hall–Kier alpha value is -1.82. The van der Waals surface area contributed by atoms with Gasteiger partial charge in [0.2, 0.25) is 0 Å². The van der Waals surface area contributed by atoms with Gasteiger partial charge in [0.1, 0.15) is 0 Å². The van der Waals surface area contributed by atoms with Crippen LogP contribution in [0.25, 0.3) is 0 Å². The standard InChI is InChI=1S/C16H18ClN3O2.ClH/c17-15-12-14(20(21)22)6-7-16(15)19-11-10-18-9-8-13-4-2-1-3-5-13;/h1-7,12,18-19H,8-11H2;1H. The number of rotatable bonds is 8. The molecule has 2 aromatic rings. The van der Waals surface area contributed by atoms with Crippen molar-refractivity contribution in [2.24, 2.45) is 0 Å². The summed E-state index contributed by atoms with van der Waals surface area (Å²) in [7, 11) is 0. The van der Waals surface area contributed by atoms with E-state index in [2.05, 4.69) is 22.8 Å². The molecule has 0 spiro atoms. The van der Waals surface area contributed by atoms with Crippen LogP contribution in [0.5, 0.6) is 0 Å². The second-order valence-corrected chi connectivity index (χ2v) is 5.24. The highest BCUT2D eigenvalue weighted by molar-refractivity contribution is 6.33. The molecule has 0 saturated carbocycles. The predicted octanol–water partition coefficient (Wildman–Crippen LogP) is 3.91. The summed E-state index contributed by atoms with van der Waals surface area (Å²) < 4.78 is 0. The normalized spacial score (nSPS) is 9.96. The number of halogens is 2. The molecule has 0 fully saturated rings.